The van der Waals surface area contributed by atoms with Crippen molar-refractivity contribution in [2.24, 2.45) is 5.41 Å². The van der Waals surface area contributed by atoms with Crippen molar-refractivity contribution in [3.63, 3.8) is 0 Å². The van der Waals surface area contributed by atoms with Crippen molar-refractivity contribution in [2.75, 3.05) is 6.54 Å². The molecule has 0 spiro atoms. The van der Waals surface area contributed by atoms with Crippen LogP contribution in [0.2, 0.25) is 0 Å². The van der Waals surface area contributed by atoms with Crippen molar-refractivity contribution in [2.45, 2.75) is 70.8 Å². The lowest BCUT2D eigenvalue weighted by Crippen LogP contribution is -2.26. The second kappa shape index (κ2) is 5.97. The molecule has 106 valence electrons. The van der Waals surface area contributed by atoms with Crippen LogP contribution in [0.4, 0.5) is 0 Å². The fourth-order valence-electron chi connectivity index (χ4n) is 3.62. The molecule has 0 saturated heterocycles. The van der Waals surface area contributed by atoms with Crippen LogP contribution in [-0.2, 0) is 6.42 Å². The third-order valence-corrected chi connectivity index (χ3v) is 6.26. The molecule has 2 saturated carbocycles. The summed E-state index contributed by atoms with van der Waals surface area (Å²) in [5.41, 5.74) is 2.17. The van der Waals surface area contributed by atoms with E-state index in [-0.39, 0.29) is 0 Å². The first-order chi connectivity index (χ1) is 9.27. The molecular formula is C17H27NS. The Bertz CT molecular complexity index is 399. The van der Waals surface area contributed by atoms with Gasteiger partial charge in [0.15, 0.2) is 0 Å². The van der Waals surface area contributed by atoms with Gasteiger partial charge in [-0.05, 0) is 80.8 Å². The van der Waals surface area contributed by atoms with E-state index in [1.807, 2.05) is 11.3 Å². The maximum Gasteiger partial charge on any atom is 0.00746 e. The van der Waals surface area contributed by atoms with Gasteiger partial charge in [0.25, 0.3) is 0 Å². The van der Waals surface area contributed by atoms with Gasteiger partial charge in [0.05, 0.1) is 0 Å². The Balaban J connectivity index is 1.52. The summed E-state index contributed by atoms with van der Waals surface area (Å²) < 4.78 is 0. The van der Waals surface area contributed by atoms with Crippen molar-refractivity contribution in [3.05, 3.63) is 21.9 Å². The predicted molar refractivity (Wildman–Crippen MR) is 83.9 cm³/mol. The summed E-state index contributed by atoms with van der Waals surface area (Å²) in [5.74, 6) is 0. The lowest BCUT2D eigenvalue weighted by molar-refractivity contribution is 0.245. The Morgan fingerprint density at radius 1 is 1.26 bits per heavy atom. The van der Waals surface area contributed by atoms with Crippen molar-refractivity contribution >= 4 is 11.3 Å². The SMILES string of the molecule is Cc1ccsc1CCC1(CCNC2CC2)CCCC1. The summed E-state index contributed by atoms with van der Waals surface area (Å²) in [6.07, 6.45) is 12.9. The van der Waals surface area contributed by atoms with Gasteiger partial charge in [-0.15, -0.1) is 11.3 Å². The van der Waals surface area contributed by atoms with Crippen LogP contribution in [0.3, 0.4) is 0 Å². The van der Waals surface area contributed by atoms with Crippen LogP contribution in [0.5, 0.6) is 0 Å². The van der Waals surface area contributed by atoms with Crippen LogP contribution < -0.4 is 5.32 Å². The molecule has 2 aliphatic carbocycles. The first-order valence-corrected chi connectivity index (χ1v) is 8.92. The van der Waals surface area contributed by atoms with Gasteiger partial charge in [-0.2, -0.15) is 0 Å². The second-order valence-electron chi connectivity index (χ2n) is 6.71. The molecule has 0 unspecified atom stereocenters. The Morgan fingerprint density at radius 3 is 2.68 bits per heavy atom. The minimum absolute atomic E-state index is 0.665. The van der Waals surface area contributed by atoms with Crippen molar-refractivity contribution < 1.29 is 0 Å². The van der Waals surface area contributed by atoms with Crippen LogP contribution in [0.1, 0.15) is 61.8 Å². The van der Waals surface area contributed by atoms with E-state index in [9.17, 15) is 0 Å². The fourth-order valence-corrected chi connectivity index (χ4v) is 4.53. The smallest absolute Gasteiger partial charge is 0.00746 e. The summed E-state index contributed by atoms with van der Waals surface area (Å²) >= 11 is 1.95. The van der Waals surface area contributed by atoms with E-state index in [4.69, 9.17) is 0 Å². The number of rotatable bonds is 7. The van der Waals surface area contributed by atoms with Crippen LogP contribution in [-0.4, -0.2) is 12.6 Å². The monoisotopic (exact) mass is 277 g/mol. The Morgan fingerprint density at radius 2 is 2.05 bits per heavy atom. The normalized spacial score (nSPS) is 21.9. The van der Waals surface area contributed by atoms with Crippen molar-refractivity contribution in [1.29, 1.82) is 0 Å². The topological polar surface area (TPSA) is 12.0 Å². The minimum Gasteiger partial charge on any atom is -0.314 e. The number of hydrogen-bond donors (Lipinski definition) is 1. The molecule has 0 aromatic carbocycles. The highest BCUT2D eigenvalue weighted by molar-refractivity contribution is 7.10. The molecule has 2 aliphatic rings. The summed E-state index contributed by atoms with van der Waals surface area (Å²) in [5, 5.41) is 5.97. The van der Waals surface area contributed by atoms with Gasteiger partial charge in [0.2, 0.25) is 0 Å². The highest BCUT2D eigenvalue weighted by atomic mass is 32.1. The highest BCUT2D eigenvalue weighted by Gasteiger charge is 2.33. The summed E-state index contributed by atoms with van der Waals surface area (Å²) in [6.45, 7) is 3.52. The average molecular weight is 277 g/mol. The molecule has 1 nitrogen and oxygen atoms in total. The predicted octanol–water partition coefficient (Wildman–Crippen LogP) is 4.69. The van der Waals surface area contributed by atoms with E-state index >= 15 is 0 Å². The zero-order valence-corrected chi connectivity index (χ0v) is 13.0. The molecule has 1 aromatic rings. The molecule has 1 aromatic heterocycles. The van der Waals surface area contributed by atoms with Gasteiger partial charge in [-0.25, -0.2) is 0 Å². The van der Waals surface area contributed by atoms with E-state index in [0.717, 1.165) is 6.04 Å². The summed E-state index contributed by atoms with van der Waals surface area (Å²) in [7, 11) is 0. The van der Waals surface area contributed by atoms with E-state index in [1.165, 1.54) is 69.9 Å². The summed E-state index contributed by atoms with van der Waals surface area (Å²) in [6, 6.07) is 3.15. The summed E-state index contributed by atoms with van der Waals surface area (Å²) in [4.78, 5) is 1.63. The first-order valence-electron chi connectivity index (χ1n) is 8.04. The molecule has 0 bridgehead atoms. The van der Waals surface area contributed by atoms with Crippen molar-refractivity contribution in [1.82, 2.24) is 5.32 Å². The van der Waals surface area contributed by atoms with Crippen LogP contribution in [0.25, 0.3) is 0 Å². The third-order valence-electron chi connectivity index (χ3n) is 5.18. The zero-order valence-electron chi connectivity index (χ0n) is 12.2. The number of hydrogen-bond acceptors (Lipinski definition) is 2. The molecule has 0 atom stereocenters. The van der Waals surface area contributed by atoms with Crippen LogP contribution in [0.15, 0.2) is 11.4 Å². The van der Waals surface area contributed by atoms with E-state index in [2.05, 4.69) is 23.7 Å². The van der Waals surface area contributed by atoms with E-state index in [1.54, 1.807) is 4.88 Å². The Labute approximate surface area is 121 Å². The number of aryl methyl sites for hydroxylation is 2. The molecule has 2 fully saturated rings. The van der Waals surface area contributed by atoms with Gasteiger partial charge < -0.3 is 5.32 Å². The molecule has 1 N–H and O–H groups in total. The quantitative estimate of drug-likeness (QED) is 0.762. The lowest BCUT2D eigenvalue weighted by atomic mass is 9.78. The standard InChI is InChI=1S/C17H27NS/c1-14-7-13-19-16(14)6-10-17(8-2-3-9-17)11-12-18-15-4-5-15/h7,13,15,18H,2-6,8-12H2,1H3. The molecule has 1 heterocycles. The van der Waals surface area contributed by atoms with Gasteiger partial charge >= 0.3 is 0 Å². The molecule has 2 heteroatoms. The largest absolute Gasteiger partial charge is 0.314 e. The van der Waals surface area contributed by atoms with E-state index < -0.39 is 0 Å². The average Bonchev–Trinajstić information content (AvgIpc) is 2.95. The fraction of sp³-hybridized carbons (Fsp3) is 0.765. The van der Waals surface area contributed by atoms with Gasteiger partial charge in [-0.3, -0.25) is 0 Å². The number of nitrogens with one attached hydrogen (secondary N) is 1. The maximum absolute atomic E-state index is 3.72. The molecule has 0 amide bonds. The molecule has 0 radical (unpaired) electrons. The van der Waals surface area contributed by atoms with Gasteiger partial charge in [0.1, 0.15) is 0 Å². The zero-order chi connectivity index (χ0) is 13.1. The first kappa shape index (κ1) is 13.6. The highest BCUT2D eigenvalue weighted by Crippen LogP contribution is 2.45. The molecule has 19 heavy (non-hydrogen) atoms. The van der Waals surface area contributed by atoms with Gasteiger partial charge in [0, 0.05) is 10.9 Å². The van der Waals surface area contributed by atoms with Crippen molar-refractivity contribution in [3.8, 4) is 0 Å². The van der Waals surface area contributed by atoms with Crippen LogP contribution >= 0.6 is 11.3 Å². The third kappa shape index (κ3) is 3.61. The Kier molecular flexibility index (Phi) is 4.28. The maximum atomic E-state index is 3.72. The lowest BCUT2D eigenvalue weighted by Gasteiger charge is -2.29. The molecule has 0 aliphatic heterocycles. The number of thiophene rings is 1. The minimum atomic E-state index is 0.665. The molecule has 3 rings (SSSR count). The second-order valence-corrected chi connectivity index (χ2v) is 7.71. The van der Waals surface area contributed by atoms with E-state index in [0.29, 0.717) is 5.41 Å². The molecular weight excluding hydrogens is 250 g/mol. The Hall–Kier alpha value is -0.340. The van der Waals surface area contributed by atoms with Gasteiger partial charge in [-0.1, -0.05) is 12.8 Å². The van der Waals surface area contributed by atoms with Crippen LogP contribution in [0, 0.1) is 12.3 Å².